The molecule has 0 saturated carbocycles. The topological polar surface area (TPSA) is 92.7 Å². The summed E-state index contributed by atoms with van der Waals surface area (Å²) >= 11 is 0. The molecule has 1 aliphatic rings. The normalized spacial score (nSPS) is 16.1. The summed E-state index contributed by atoms with van der Waals surface area (Å²) in [6.45, 7) is 1.94. The Morgan fingerprint density at radius 1 is 1.37 bits per heavy atom. The van der Waals surface area contributed by atoms with Crippen molar-refractivity contribution in [1.82, 2.24) is 5.32 Å². The van der Waals surface area contributed by atoms with E-state index in [4.69, 9.17) is 9.84 Å². The number of aliphatic carboxylic acids is 1. The number of hydrogen-bond donors (Lipinski definition) is 2. The first-order valence-corrected chi connectivity index (χ1v) is 6.38. The number of carbonyl (C=O) groups is 3. The molecule has 0 aromatic carbocycles. The third kappa shape index (κ3) is 5.11. The van der Waals surface area contributed by atoms with Crippen LogP contribution in [0.1, 0.15) is 32.6 Å². The van der Waals surface area contributed by atoms with E-state index in [0.29, 0.717) is 12.8 Å². The molecule has 2 N–H and O–H groups in total. The molecule has 1 atom stereocenters. The molecule has 0 aromatic heterocycles. The van der Waals surface area contributed by atoms with Crippen LogP contribution in [0.15, 0.2) is 12.2 Å². The molecular weight excluding hydrogens is 250 g/mol. The van der Waals surface area contributed by atoms with Gasteiger partial charge in [0.1, 0.15) is 6.04 Å². The third-order valence-electron chi connectivity index (χ3n) is 2.94. The molecule has 1 rings (SSSR count). The van der Waals surface area contributed by atoms with Crippen molar-refractivity contribution < 1.29 is 24.2 Å². The van der Waals surface area contributed by atoms with Crippen molar-refractivity contribution in [3.63, 3.8) is 0 Å². The number of ether oxygens (including phenoxy) is 1. The lowest BCUT2D eigenvalue weighted by atomic mass is 10.0. The zero-order chi connectivity index (χ0) is 14.3. The maximum atomic E-state index is 11.8. The summed E-state index contributed by atoms with van der Waals surface area (Å²) in [6, 6.07) is -1.04. The number of rotatable bonds is 7. The Morgan fingerprint density at radius 3 is 2.53 bits per heavy atom. The van der Waals surface area contributed by atoms with Gasteiger partial charge in [0.25, 0.3) is 0 Å². The SMILES string of the molecule is CCOC(=O)CC[C@H](NC(=O)C1CC=CC1)C(=O)O. The average molecular weight is 269 g/mol. The summed E-state index contributed by atoms with van der Waals surface area (Å²) in [5, 5.41) is 11.5. The summed E-state index contributed by atoms with van der Waals surface area (Å²) < 4.78 is 4.72. The largest absolute Gasteiger partial charge is 0.480 e. The molecule has 19 heavy (non-hydrogen) atoms. The minimum Gasteiger partial charge on any atom is -0.480 e. The number of esters is 1. The van der Waals surface area contributed by atoms with Crippen molar-refractivity contribution in [2.45, 2.75) is 38.6 Å². The second kappa shape index (κ2) is 7.56. The van der Waals surface area contributed by atoms with Gasteiger partial charge in [0, 0.05) is 12.3 Å². The fourth-order valence-corrected chi connectivity index (χ4v) is 1.87. The van der Waals surface area contributed by atoms with E-state index >= 15 is 0 Å². The van der Waals surface area contributed by atoms with Crippen LogP contribution in [-0.4, -0.2) is 35.6 Å². The van der Waals surface area contributed by atoms with E-state index in [-0.39, 0.29) is 31.3 Å². The van der Waals surface area contributed by atoms with Gasteiger partial charge in [0.15, 0.2) is 0 Å². The van der Waals surface area contributed by atoms with Crippen LogP contribution in [0.4, 0.5) is 0 Å². The maximum absolute atomic E-state index is 11.8. The highest BCUT2D eigenvalue weighted by atomic mass is 16.5. The Kier molecular flexibility index (Phi) is 6.05. The molecule has 0 aromatic rings. The molecule has 1 amide bonds. The molecule has 6 heteroatoms. The van der Waals surface area contributed by atoms with Gasteiger partial charge < -0.3 is 15.2 Å². The van der Waals surface area contributed by atoms with Gasteiger partial charge in [-0.1, -0.05) is 12.2 Å². The average Bonchev–Trinajstić information content (AvgIpc) is 2.88. The zero-order valence-electron chi connectivity index (χ0n) is 10.9. The van der Waals surface area contributed by atoms with Gasteiger partial charge in [-0.05, 0) is 26.2 Å². The van der Waals surface area contributed by atoms with Crippen LogP contribution >= 0.6 is 0 Å². The van der Waals surface area contributed by atoms with Gasteiger partial charge in [-0.3, -0.25) is 9.59 Å². The van der Waals surface area contributed by atoms with E-state index in [1.165, 1.54) is 0 Å². The number of carbonyl (C=O) groups excluding carboxylic acids is 2. The van der Waals surface area contributed by atoms with Gasteiger partial charge in [-0.2, -0.15) is 0 Å². The minimum absolute atomic E-state index is 0.0198. The number of amides is 1. The second-order valence-electron chi connectivity index (χ2n) is 4.38. The predicted octanol–water partition coefficient (Wildman–Crippen LogP) is 0.865. The molecular formula is C13H19NO5. The Labute approximate surface area is 111 Å². The Bertz CT molecular complexity index is 369. The zero-order valence-corrected chi connectivity index (χ0v) is 10.9. The van der Waals surface area contributed by atoms with Crippen molar-refractivity contribution in [1.29, 1.82) is 0 Å². The van der Waals surface area contributed by atoms with Crippen molar-refractivity contribution in [3.8, 4) is 0 Å². The monoisotopic (exact) mass is 269 g/mol. The fourth-order valence-electron chi connectivity index (χ4n) is 1.87. The summed E-state index contributed by atoms with van der Waals surface area (Å²) in [5.41, 5.74) is 0. The highest BCUT2D eigenvalue weighted by Crippen LogP contribution is 2.18. The van der Waals surface area contributed by atoms with E-state index < -0.39 is 18.0 Å². The lowest BCUT2D eigenvalue weighted by molar-refractivity contribution is -0.145. The summed E-state index contributed by atoms with van der Waals surface area (Å²) in [7, 11) is 0. The number of carboxylic acids is 1. The van der Waals surface area contributed by atoms with Gasteiger partial charge >= 0.3 is 11.9 Å². The van der Waals surface area contributed by atoms with E-state index in [2.05, 4.69) is 5.32 Å². The minimum atomic E-state index is -1.14. The van der Waals surface area contributed by atoms with Gasteiger partial charge in [-0.15, -0.1) is 0 Å². The Balaban J connectivity index is 2.41. The number of nitrogens with one attached hydrogen (secondary N) is 1. The Morgan fingerprint density at radius 2 is 2.00 bits per heavy atom. The first kappa shape index (κ1) is 15.2. The molecule has 0 unspecified atom stereocenters. The lowest BCUT2D eigenvalue weighted by Crippen LogP contribution is -2.43. The molecule has 0 spiro atoms. The van der Waals surface area contributed by atoms with Crippen LogP contribution in [0.5, 0.6) is 0 Å². The molecule has 0 radical (unpaired) electrons. The van der Waals surface area contributed by atoms with Crippen molar-refractivity contribution in [2.75, 3.05) is 6.61 Å². The standard InChI is InChI=1S/C13H19NO5/c1-2-19-11(15)8-7-10(13(17)18)14-12(16)9-5-3-4-6-9/h3-4,9-10H,2,5-8H2,1H3,(H,14,16)(H,17,18)/t10-/m0/s1. The number of carboxylic acid groups (broad SMARTS) is 1. The number of hydrogen-bond acceptors (Lipinski definition) is 4. The number of allylic oxidation sites excluding steroid dienone is 2. The summed E-state index contributed by atoms with van der Waals surface area (Å²) in [4.78, 5) is 34.0. The van der Waals surface area contributed by atoms with Crippen LogP contribution in [0.25, 0.3) is 0 Å². The molecule has 0 saturated heterocycles. The predicted molar refractivity (Wildman–Crippen MR) is 67.3 cm³/mol. The first-order chi connectivity index (χ1) is 9.04. The molecule has 0 fully saturated rings. The van der Waals surface area contributed by atoms with Crippen molar-refractivity contribution >= 4 is 17.8 Å². The van der Waals surface area contributed by atoms with Gasteiger partial charge in [-0.25, -0.2) is 4.79 Å². The smallest absolute Gasteiger partial charge is 0.326 e. The molecule has 0 heterocycles. The van der Waals surface area contributed by atoms with Gasteiger partial charge in [0.2, 0.25) is 5.91 Å². The highest BCUT2D eigenvalue weighted by Gasteiger charge is 2.26. The van der Waals surface area contributed by atoms with Crippen LogP contribution in [0.2, 0.25) is 0 Å². The summed E-state index contributed by atoms with van der Waals surface area (Å²) in [5.74, 6) is -2.06. The van der Waals surface area contributed by atoms with Crippen LogP contribution in [0.3, 0.4) is 0 Å². The van der Waals surface area contributed by atoms with E-state index in [9.17, 15) is 14.4 Å². The third-order valence-corrected chi connectivity index (χ3v) is 2.94. The van der Waals surface area contributed by atoms with Crippen molar-refractivity contribution in [2.24, 2.45) is 5.92 Å². The summed E-state index contributed by atoms with van der Waals surface area (Å²) in [6.07, 6.45) is 5.09. The van der Waals surface area contributed by atoms with E-state index in [0.717, 1.165) is 0 Å². The van der Waals surface area contributed by atoms with Gasteiger partial charge in [0.05, 0.1) is 6.61 Å². The molecule has 106 valence electrons. The fraction of sp³-hybridized carbons (Fsp3) is 0.615. The first-order valence-electron chi connectivity index (χ1n) is 6.38. The second-order valence-corrected chi connectivity index (χ2v) is 4.38. The lowest BCUT2D eigenvalue weighted by Gasteiger charge is -2.17. The Hall–Kier alpha value is -1.85. The van der Waals surface area contributed by atoms with Crippen LogP contribution in [-0.2, 0) is 19.1 Å². The van der Waals surface area contributed by atoms with Crippen LogP contribution < -0.4 is 5.32 Å². The molecule has 0 bridgehead atoms. The molecule has 1 aliphatic carbocycles. The van der Waals surface area contributed by atoms with E-state index in [1.807, 2.05) is 12.2 Å². The highest BCUT2D eigenvalue weighted by molar-refractivity contribution is 5.85. The quantitative estimate of drug-likeness (QED) is 0.528. The molecule has 6 nitrogen and oxygen atoms in total. The van der Waals surface area contributed by atoms with E-state index in [1.54, 1.807) is 6.92 Å². The van der Waals surface area contributed by atoms with Crippen LogP contribution in [0, 0.1) is 5.92 Å². The van der Waals surface area contributed by atoms with Crippen molar-refractivity contribution in [3.05, 3.63) is 12.2 Å². The maximum Gasteiger partial charge on any atom is 0.326 e. The molecule has 0 aliphatic heterocycles.